The van der Waals surface area contributed by atoms with E-state index in [2.05, 4.69) is 0 Å². The fraction of sp³-hybridized carbons (Fsp3) is 0.222. The summed E-state index contributed by atoms with van der Waals surface area (Å²) in [7, 11) is 3.77. The number of Topliss-reactive ketones (excluding diaryl/α,β-unsaturated/α-hetero) is 1. The van der Waals surface area contributed by atoms with Crippen LogP contribution in [0.4, 0.5) is 5.69 Å². The Hall–Kier alpha value is -2.33. The second kappa shape index (κ2) is 7.29. The summed E-state index contributed by atoms with van der Waals surface area (Å²) >= 11 is 5.80. The van der Waals surface area contributed by atoms with E-state index in [0.717, 1.165) is 5.69 Å². The van der Waals surface area contributed by atoms with Crippen molar-refractivity contribution >= 4 is 29.0 Å². The summed E-state index contributed by atoms with van der Waals surface area (Å²) in [4.78, 5) is 26.4. The van der Waals surface area contributed by atoms with Crippen LogP contribution in [0.25, 0.3) is 0 Å². The first-order valence-electron chi connectivity index (χ1n) is 7.16. The zero-order valence-corrected chi connectivity index (χ0v) is 14.0. The van der Waals surface area contributed by atoms with Gasteiger partial charge in [0, 0.05) is 30.4 Å². The molecule has 0 aliphatic rings. The molecule has 0 fully saturated rings. The van der Waals surface area contributed by atoms with Gasteiger partial charge in [0.25, 0.3) is 0 Å². The van der Waals surface area contributed by atoms with Crippen LogP contribution in [0.2, 0.25) is 5.02 Å². The van der Waals surface area contributed by atoms with Crippen LogP contribution in [0.5, 0.6) is 0 Å². The Balaban J connectivity index is 2.08. The van der Waals surface area contributed by atoms with Crippen molar-refractivity contribution in [2.75, 3.05) is 19.0 Å². The lowest BCUT2D eigenvalue weighted by molar-refractivity contribution is 0.0319. The van der Waals surface area contributed by atoms with Gasteiger partial charge < -0.3 is 9.64 Å². The number of nitrogens with zero attached hydrogens (tertiary/aromatic N) is 1. The molecule has 0 radical (unpaired) electrons. The molecule has 0 saturated carbocycles. The summed E-state index contributed by atoms with van der Waals surface area (Å²) in [6, 6.07) is 13.5. The van der Waals surface area contributed by atoms with Crippen LogP contribution in [0.3, 0.4) is 0 Å². The molecular weight excluding hydrogens is 314 g/mol. The minimum Gasteiger partial charge on any atom is -0.451 e. The summed E-state index contributed by atoms with van der Waals surface area (Å²) < 4.78 is 5.28. The average Bonchev–Trinajstić information content (AvgIpc) is 2.54. The van der Waals surface area contributed by atoms with Crippen molar-refractivity contribution in [2.24, 2.45) is 0 Å². The van der Waals surface area contributed by atoms with E-state index in [1.165, 1.54) is 0 Å². The fourth-order valence-electron chi connectivity index (χ4n) is 2.04. The smallest absolute Gasteiger partial charge is 0.338 e. The molecular formula is C18H18ClNO3. The highest BCUT2D eigenvalue weighted by molar-refractivity contribution is 6.30. The molecule has 4 nitrogen and oxygen atoms in total. The maximum absolute atomic E-state index is 12.3. The van der Waals surface area contributed by atoms with E-state index in [1.807, 2.05) is 25.1 Å². The topological polar surface area (TPSA) is 46.6 Å². The summed E-state index contributed by atoms with van der Waals surface area (Å²) in [5.74, 6) is -0.790. The van der Waals surface area contributed by atoms with Crippen LogP contribution >= 0.6 is 11.6 Å². The Kier molecular flexibility index (Phi) is 5.40. The summed E-state index contributed by atoms with van der Waals surface area (Å²) in [5, 5.41) is 0.548. The molecule has 120 valence electrons. The second-order valence-electron chi connectivity index (χ2n) is 5.36. The number of ketones is 1. The largest absolute Gasteiger partial charge is 0.451 e. The monoisotopic (exact) mass is 331 g/mol. The Morgan fingerprint density at radius 1 is 1.04 bits per heavy atom. The van der Waals surface area contributed by atoms with Crippen molar-refractivity contribution in [3.05, 3.63) is 64.7 Å². The van der Waals surface area contributed by atoms with E-state index in [1.54, 1.807) is 49.4 Å². The predicted octanol–water partition coefficient (Wildman–Crippen LogP) is 3.83. The fourth-order valence-corrected chi connectivity index (χ4v) is 2.17. The Morgan fingerprint density at radius 3 is 2.30 bits per heavy atom. The molecule has 1 atom stereocenters. The number of hydrogen-bond acceptors (Lipinski definition) is 4. The summed E-state index contributed by atoms with van der Waals surface area (Å²) in [5.41, 5.74) is 1.75. The third-order valence-electron chi connectivity index (χ3n) is 3.38. The van der Waals surface area contributed by atoms with Crippen LogP contribution in [0.15, 0.2) is 48.5 Å². The molecule has 2 aromatic rings. The Bertz CT molecular complexity index is 710. The van der Waals surface area contributed by atoms with Gasteiger partial charge in [0.2, 0.25) is 5.78 Å². The van der Waals surface area contributed by atoms with Crippen molar-refractivity contribution in [2.45, 2.75) is 13.0 Å². The number of ether oxygens (including phenoxy) is 1. The third kappa shape index (κ3) is 4.33. The van der Waals surface area contributed by atoms with Gasteiger partial charge in [-0.05, 0) is 49.4 Å². The van der Waals surface area contributed by atoms with E-state index >= 15 is 0 Å². The predicted molar refractivity (Wildman–Crippen MR) is 91.4 cm³/mol. The number of hydrogen-bond donors (Lipinski definition) is 0. The SMILES string of the molecule is C[C@@H](OC(=O)c1cccc(N(C)C)c1)C(=O)c1ccc(Cl)cc1. The molecule has 0 amide bonds. The van der Waals surface area contributed by atoms with E-state index in [4.69, 9.17) is 16.3 Å². The lowest BCUT2D eigenvalue weighted by atomic mass is 10.1. The van der Waals surface area contributed by atoms with E-state index in [0.29, 0.717) is 16.1 Å². The van der Waals surface area contributed by atoms with Gasteiger partial charge in [0.05, 0.1) is 5.56 Å². The van der Waals surface area contributed by atoms with Gasteiger partial charge in [-0.3, -0.25) is 4.79 Å². The molecule has 0 heterocycles. The zero-order valence-electron chi connectivity index (χ0n) is 13.2. The van der Waals surface area contributed by atoms with Gasteiger partial charge >= 0.3 is 5.97 Å². The first kappa shape index (κ1) is 17.0. The molecule has 2 aromatic carbocycles. The van der Waals surface area contributed by atoms with Crippen LogP contribution in [0.1, 0.15) is 27.6 Å². The van der Waals surface area contributed by atoms with Gasteiger partial charge in [0.15, 0.2) is 6.10 Å². The third-order valence-corrected chi connectivity index (χ3v) is 3.63. The van der Waals surface area contributed by atoms with Crippen molar-refractivity contribution in [1.29, 1.82) is 0 Å². The normalized spacial score (nSPS) is 11.7. The first-order valence-corrected chi connectivity index (χ1v) is 7.54. The zero-order chi connectivity index (χ0) is 17.0. The van der Waals surface area contributed by atoms with Gasteiger partial charge in [0.1, 0.15) is 0 Å². The standard InChI is InChI=1S/C18H18ClNO3/c1-12(17(21)13-7-9-15(19)10-8-13)23-18(22)14-5-4-6-16(11-14)20(2)3/h4-12H,1-3H3/t12-/m1/s1. The molecule has 0 aliphatic heterocycles. The molecule has 0 aliphatic carbocycles. The molecule has 0 saturated heterocycles. The lowest BCUT2D eigenvalue weighted by Crippen LogP contribution is -2.24. The average molecular weight is 332 g/mol. The molecule has 2 rings (SSSR count). The molecule has 0 aromatic heterocycles. The van der Waals surface area contributed by atoms with Crippen molar-refractivity contribution in [1.82, 2.24) is 0 Å². The van der Waals surface area contributed by atoms with Gasteiger partial charge in [-0.25, -0.2) is 4.79 Å². The van der Waals surface area contributed by atoms with E-state index in [-0.39, 0.29) is 5.78 Å². The number of benzene rings is 2. The number of rotatable bonds is 5. The van der Waals surface area contributed by atoms with Gasteiger partial charge in [-0.15, -0.1) is 0 Å². The molecule has 0 unspecified atom stereocenters. The van der Waals surface area contributed by atoms with Crippen molar-refractivity contribution in [3.63, 3.8) is 0 Å². The molecule has 0 bridgehead atoms. The Labute approximate surface area is 140 Å². The molecule has 5 heteroatoms. The van der Waals surface area contributed by atoms with Crippen LogP contribution in [-0.2, 0) is 4.74 Å². The van der Waals surface area contributed by atoms with Gasteiger partial charge in [-0.1, -0.05) is 17.7 Å². The number of esters is 1. The van der Waals surface area contributed by atoms with Crippen LogP contribution in [0, 0.1) is 0 Å². The minimum absolute atomic E-state index is 0.265. The molecule has 0 spiro atoms. The van der Waals surface area contributed by atoms with Crippen LogP contribution < -0.4 is 4.90 Å². The van der Waals surface area contributed by atoms with E-state index < -0.39 is 12.1 Å². The maximum Gasteiger partial charge on any atom is 0.338 e. The molecule has 23 heavy (non-hydrogen) atoms. The molecule has 0 N–H and O–H groups in total. The first-order chi connectivity index (χ1) is 10.9. The minimum atomic E-state index is -0.869. The highest BCUT2D eigenvalue weighted by atomic mass is 35.5. The van der Waals surface area contributed by atoms with Crippen molar-refractivity contribution < 1.29 is 14.3 Å². The second-order valence-corrected chi connectivity index (χ2v) is 5.80. The quantitative estimate of drug-likeness (QED) is 0.617. The number of halogens is 1. The Morgan fingerprint density at radius 2 is 1.70 bits per heavy atom. The highest BCUT2D eigenvalue weighted by Gasteiger charge is 2.20. The lowest BCUT2D eigenvalue weighted by Gasteiger charge is -2.15. The number of carbonyl (C=O) groups is 2. The summed E-state index contributed by atoms with van der Waals surface area (Å²) in [6.07, 6.45) is -0.869. The van der Waals surface area contributed by atoms with E-state index in [9.17, 15) is 9.59 Å². The van der Waals surface area contributed by atoms with Crippen molar-refractivity contribution in [3.8, 4) is 0 Å². The highest BCUT2D eigenvalue weighted by Crippen LogP contribution is 2.16. The number of anilines is 1. The maximum atomic E-state index is 12.3. The number of carbonyl (C=O) groups excluding carboxylic acids is 2. The summed E-state index contributed by atoms with van der Waals surface area (Å²) in [6.45, 7) is 1.56. The van der Waals surface area contributed by atoms with Gasteiger partial charge in [-0.2, -0.15) is 0 Å². The van der Waals surface area contributed by atoms with Crippen LogP contribution in [-0.4, -0.2) is 32.0 Å².